The van der Waals surface area contributed by atoms with Gasteiger partial charge in [-0.3, -0.25) is 0 Å². The van der Waals surface area contributed by atoms with Crippen molar-refractivity contribution < 1.29 is 0 Å². The molecule has 0 saturated heterocycles. The Morgan fingerprint density at radius 2 is 2.07 bits per heavy atom. The van der Waals surface area contributed by atoms with Crippen LogP contribution >= 0.6 is 0 Å². The Bertz CT molecular complexity index is 334. The Kier molecular flexibility index (Phi) is 3.03. The summed E-state index contributed by atoms with van der Waals surface area (Å²) in [5, 5.41) is 0. The van der Waals surface area contributed by atoms with E-state index in [9.17, 15) is 0 Å². The summed E-state index contributed by atoms with van der Waals surface area (Å²) in [6.45, 7) is 2.26. The summed E-state index contributed by atoms with van der Waals surface area (Å²) < 4.78 is 0. The lowest BCUT2D eigenvalue weighted by Gasteiger charge is -2.17. The van der Waals surface area contributed by atoms with Crippen molar-refractivity contribution in [3.63, 3.8) is 0 Å². The third kappa shape index (κ3) is 1.89. The number of aryl methyl sites for hydroxylation is 1. The van der Waals surface area contributed by atoms with Crippen LogP contribution in [-0.4, -0.2) is 0 Å². The minimum Gasteiger partial charge on any atom is -0.0804 e. The maximum Gasteiger partial charge on any atom is -0.0195 e. The Morgan fingerprint density at radius 3 is 2.93 bits per heavy atom. The fourth-order valence-corrected chi connectivity index (χ4v) is 2.17. The summed E-state index contributed by atoms with van der Waals surface area (Å²) in [6.07, 6.45) is 8.76. The van der Waals surface area contributed by atoms with E-state index in [0.29, 0.717) is 0 Å². The monoisotopic (exact) mass is 186 g/mol. The molecule has 0 radical (unpaired) electrons. The average molecular weight is 186 g/mol. The molecule has 0 aromatic heterocycles. The van der Waals surface area contributed by atoms with Crippen molar-refractivity contribution in [1.82, 2.24) is 0 Å². The molecule has 0 atom stereocenters. The zero-order valence-corrected chi connectivity index (χ0v) is 8.92. The van der Waals surface area contributed by atoms with Crippen LogP contribution in [0.5, 0.6) is 0 Å². The predicted octanol–water partition coefficient (Wildman–Crippen LogP) is 4.21. The van der Waals surface area contributed by atoms with Crippen LogP contribution in [0.25, 0.3) is 5.57 Å². The fraction of sp³-hybridized carbons (Fsp3) is 0.429. The number of rotatable bonds is 3. The van der Waals surface area contributed by atoms with E-state index in [1.54, 1.807) is 11.1 Å². The quantitative estimate of drug-likeness (QED) is 0.663. The number of fused-ring (bicyclic) bond motifs is 1. The summed E-state index contributed by atoms with van der Waals surface area (Å²) in [7, 11) is 0. The summed E-state index contributed by atoms with van der Waals surface area (Å²) in [5.74, 6) is 0. The molecule has 14 heavy (non-hydrogen) atoms. The Morgan fingerprint density at radius 1 is 1.21 bits per heavy atom. The molecule has 0 fully saturated rings. The number of hydrogen-bond donors (Lipinski definition) is 0. The lowest BCUT2D eigenvalue weighted by Crippen LogP contribution is -1.99. The predicted molar refractivity (Wildman–Crippen MR) is 62.3 cm³/mol. The van der Waals surface area contributed by atoms with Gasteiger partial charge in [0.1, 0.15) is 0 Å². The van der Waals surface area contributed by atoms with Gasteiger partial charge in [-0.15, -0.1) is 0 Å². The van der Waals surface area contributed by atoms with Gasteiger partial charge in [0, 0.05) is 0 Å². The Balaban J connectivity index is 2.22. The molecule has 1 aromatic carbocycles. The van der Waals surface area contributed by atoms with E-state index in [-0.39, 0.29) is 0 Å². The zero-order chi connectivity index (χ0) is 9.80. The molecule has 0 nitrogen and oxygen atoms in total. The second kappa shape index (κ2) is 4.45. The van der Waals surface area contributed by atoms with Gasteiger partial charge in [0.15, 0.2) is 0 Å². The van der Waals surface area contributed by atoms with Crippen LogP contribution in [0.3, 0.4) is 0 Å². The van der Waals surface area contributed by atoms with Crippen LogP contribution in [0.1, 0.15) is 43.7 Å². The molecule has 1 aliphatic rings. The van der Waals surface area contributed by atoms with Crippen LogP contribution in [0.2, 0.25) is 0 Å². The maximum atomic E-state index is 2.43. The normalized spacial score (nSPS) is 14.8. The topological polar surface area (TPSA) is 0 Å². The fourth-order valence-electron chi connectivity index (χ4n) is 2.17. The van der Waals surface area contributed by atoms with Gasteiger partial charge in [0.2, 0.25) is 0 Å². The van der Waals surface area contributed by atoms with E-state index >= 15 is 0 Å². The molecule has 0 aliphatic heterocycles. The molecule has 0 N–H and O–H groups in total. The molecule has 0 unspecified atom stereocenters. The van der Waals surface area contributed by atoms with Crippen LogP contribution in [0, 0.1) is 0 Å². The van der Waals surface area contributed by atoms with Crippen molar-refractivity contribution in [2.45, 2.75) is 39.0 Å². The van der Waals surface area contributed by atoms with Crippen molar-refractivity contribution >= 4 is 5.57 Å². The van der Waals surface area contributed by atoms with Crippen LogP contribution in [0.15, 0.2) is 30.3 Å². The highest BCUT2D eigenvalue weighted by atomic mass is 14.1. The summed E-state index contributed by atoms with van der Waals surface area (Å²) in [6, 6.07) is 8.86. The first kappa shape index (κ1) is 9.51. The van der Waals surface area contributed by atoms with E-state index in [0.717, 1.165) is 0 Å². The minimum atomic E-state index is 1.23. The molecular weight excluding hydrogens is 168 g/mol. The van der Waals surface area contributed by atoms with Crippen molar-refractivity contribution in [2.75, 3.05) is 0 Å². The standard InChI is InChI=1S/C14H18/c1-2-3-7-12-9-6-10-13-8-4-5-11-14(12)13/h4-5,8-9,11H,2-3,6-7,10H2,1H3. The van der Waals surface area contributed by atoms with Gasteiger partial charge in [0.25, 0.3) is 0 Å². The minimum absolute atomic E-state index is 1.23. The largest absolute Gasteiger partial charge is 0.0804 e. The molecule has 1 aliphatic carbocycles. The molecule has 74 valence electrons. The maximum absolute atomic E-state index is 2.43. The molecule has 1 aromatic rings. The molecule has 0 amide bonds. The van der Waals surface area contributed by atoms with Gasteiger partial charge in [-0.1, -0.05) is 43.7 Å². The van der Waals surface area contributed by atoms with Crippen LogP contribution in [0.4, 0.5) is 0 Å². The first-order valence-corrected chi connectivity index (χ1v) is 5.69. The van der Waals surface area contributed by atoms with Crippen LogP contribution < -0.4 is 0 Å². The van der Waals surface area contributed by atoms with Gasteiger partial charge in [-0.25, -0.2) is 0 Å². The number of hydrogen-bond acceptors (Lipinski definition) is 0. The van der Waals surface area contributed by atoms with E-state index < -0.39 is 0 Å². The smallest absolute Gasteiger partial charge is 0.0195 e. The second-order valence-electron chi connectivity index (χ2n) is 4.03. The van der Waals surface area contributed by atoms with E-state index in [2.05, 4.69) is 37.3 Å². The first-order chi connectivity index (χ1) is 6.92. The number of unbranched alkanes of at least 4 members (excludes halogenated alkanes) is 1. The van der Waals surface area contributed by atoms with Gasteiger partial charge < -0.3 is 0 Å². The average Bonchev–Trinajstić information content (AvgIpc) is 2.26. The second-order valence-corrected chi connectivity index (χ2v) is 4.03. The van der Waals surface area contributed by atoms with E-state index in [4.69, 9.17) is 0 Å². The van der Waals surface area contributed by atoms with Gasteiger partial charge >= 0.3 is 0 Å². The Hall–Kier alpha value is -1.04. The van der Waals surface area contributed by atoms with Gasteiger partial charge in [-0.05, 0) is 42.4 Å². The summed E-state index contributed by atoms with van der Waals surface area (Å²) in [5.41, 5.74) is 4.63. The number of benzene rings is 1. The van der Waals surface area contributed by atoms with Crippen molar-refractivity contribution in [3.8, 4) is 0 Å². The lowest BCUT2D eigenvalue weighted by atomic mass is 9.88. The highest BCUT2D eigenvalue weighted by Gasteiger charge is 2.10. The molecule has 2 rings (SSSR count). The molecule has 0 spiro atoms. The van der Waals surface area contributed by atoms with Crippen molar-refractivity contribution in [3.05, 3.63) is 41.5 Å². The number of allylic oxidation sites excluding steroid dienone is 2. The zero-order valence-electron chi connectivity index (χ0n) is 8.92. The highest BCUT2D eigenvalue weighted by Crippen LogP contribution is 2.29. The summed E-state index contributed by atoms with van der Waals surface area (Å²) in [4.78, 5) is 0. The summed E-state index contributed by atoms with van der Waals surface area (Å²) >= 11 is 0. The van der Waals surface area contributed by atoms with Gasteiger partial charge in [-0.2, -0.15) is 0 Å². The highest BCUT2D eigenvalue weighted by molar-refractivity contribution is 5.69. The third-order valence-electron chi connectivity index (χ3n) is 2.97. The molecular formula is C14H18. The molecule has 0 saturated carbocycles. The van der Waals surface area contributed by atoms with E-state index in [1.165, 1.54) is 37.7 Å². The molecule has 0 bridgehead atoms. The lowest BCUT2D eigenvalue weighted by molar-refractivity contribution is 0.815. The van der Waals surface area contributed by atoms with Crippen molar-refractivity contribution in [2.24, 2.45) is 0 Å². The Labute approximate surface area is 86.7 Å². The van der Waals surface area contributed by atoms with Gasteiger partial charge in [0.05, 0.1) is 0 Å². The van der Waals surface area contributed by atoms with Crippen molar-refractivity contribution in [1.29, 1.82) is 0 Å². The third-order valence-corrected chi connectivity index (χ3v) is 2.97. The van der Waals surface area contributed by atoms with E-state index in [1.807, 2.05) is 0 Å². The first-order valence-electron chi connectivity index (χ1n) is 5.69. The van der Waals surface area contributed by atoms with Crippen LogP contribution in [-0.2, 0) is 6.42 Å². The molecule has 0 heteroatoms. The SMILES string of the molecule is CCCCC1=CCCc2ccccc21. The molecule has 0 heterocycles.